The highest BCUT2D eigenvalue weighted by molar-refractivity contribution is 6.17. The molecule has 0 N–H and O–H groups in total. The smallest absolute Gasteiger partial charge is 0.0835 e. The summed E-state index contributed by atoms with van der Waals surface area (Å²) in [6.07, 6.45) is 0. The molecule has 0 aromatic heterocycles. The van der Waals surface area contributed by atoms with E-state index in [0.29, 0.717) is 12.5 Å². The predicted octanol–water partition coefficient (Wildman–Crippen LogP) is 2.02. The van der Waals surface area contributed by atoms with Gasteiger partial charge in [-0.3, -0.25) is 0 Å². The summed E-state index contributed by atoms with van der Waals surface area (Å²) in [5, 5.41) is 0. The molecule has 1 nitrogen and oxygen atoms in total. The molecule has 0 unspecified atom stereocenters. The Morgan fingerprint density at radius 3 is 3.11 bits per heavy atom. The van der Waals surface area contributed by atoms with Gasteiger partial charge < -0.3 is 4.74 Å². The molecule has 1 aromatic carbocycles. The molecule has 0 aliphatic carbocycles. The Kier molecular flexibility index (Phi) is 2.52. The van der Waals surface area contributed by atoms with Crippen LogP contribution in [-0.2, 0) is 0 Å². The summed E-state index contributed by atoms with van der Waals surface area (Å²) >= 11 is 5.39. The summed E-state index contributed by atoms with van der Waals surface area (Å²) in [6.45, 7) is 0.589. The Balaban J connectivity index is 2.30. The van der Waals surface area contributed by atoms with Crippen molar-refractivity contribution in [3.63, 3.8) is 0 Å². The first-order valence-corrected chi connectivity index (χ1v) is 3.37. The van der Waals surface area contributed by atoms with Crippen LogP contribution in [0, 0.1) is 0 Å². The summed E-state index contributed by atoms with van der Waals surface area (Å²) in [4.78, 5) is 0. The van der Waals surface area contributed by atoms with Crippen molar-refractivity contribution in [1.82, 2.24) is 0 Å². The van der Waals surface area contributed by atoms with Crippen LogP contribution in [0.5, 0.6) is 5.75 Å². The highest BCUT2D eigenvalue weighted by Gasteiger charge is 1.79. The zero-order valence-corrected chi connectivity index (χ0v) is 5.77. The molecule has 1 aromatic rings. The van der Waals surface area contributed by atoms with Gasteiger partial charge in [0.15, 0.2) is 0 Å². The predicted molar refractivity (Wildman–Crippen MR) is 38.3 cm³/mol. The summed E-state index contributed by atoms with van der Waals surface area (Å²) in [7, 11) is 0. The third-order valence-electron chi connectivity index (χ3n) is 0.978. The zero-order valence-electron chi connectivity index (χ0n) is 5.01. The minimum Gasteiger partial charge on any atom is -0.561 e. The number of alkyl halides is 1. The van der Waals surface area contributed by atoms with Crippen molar-refractivity contribution in [2.24, 2.45) is 0 Å². The van der Waals surface area contributed by atoms with Crippen molar-refractivity contribution in [1.29, 1.82) is 0 Å². The first-order valence-electron chi connectivity index (χ1n) is 2.84. The Morgan fingerprint density at radius 1 is 1.67 bits per heavy atom. The lowest BCUT2D eigenvalue weighted by Gasteiger charge is -2.05. The molecule has 0 atom stereocenters. The maximum atomic E-state index is 5.39. The van der Waals surface area contributed by atoms with Crippen LogP contribution in [0.1, 0.15) is 0 Å². The van der Waals surface area contributed by atoms with E-state index < -0.39 is 0 Å². The van der Waals surface area contributed by atoms with Crippen LogP contribution in [0.3, 0.4) is 0 Å². The van der Waals surface area contributed by atoms with E-state index in [4.69, 9.17) is 16.3 Å². The molecule has 0 heterocycles. The Hall–Kier alpha value is -0.560. The van der Waals surface area contributed by atoms with Crippen LogP contribution in [0.4, 0.5) is 0 Å². The third-order valence-corrected chi connectivity index (χ3v) is 1.13. The van der Waals surface area contributed by atoms with Crippen LogP contribution < -0.4 is 4.74 Å². The Morgan fingerprint density at radius 2 is 2.56 bits per heavy atom. The summed E-state index contributed by atoms with van der Waals surface area (Å²) in [5.74, 6) is 1.45. The molecule has 9 heavy (non-hydrogen) atoms. The minimum atomic E-state index is 0.547. The molecule has 0 saturated carbocycles. The number of halogens is 1. The molecule has 0 spiro atoms. The van der Waals surface area contributed by atoms with Gasteiger partial charge in [-0.25, -0.2) is 0 Å². The second kappa shape index (κ2) is 3.46. The van der Waals surface area contributed by atoms with Crippen molar-refractivity contribution in [3.8, 4) is 5.75 Å². The van der Waals surface area contributed by atoms with E-state index in [1.54, 1.807) is 0 Å². The monoisotopic (exact) mass is 143 g/mol. The van der Waals surface area contributed by atoms with Gasteiger partial charge in [-0.15, -0.1) is 17.7 Å². The second-order valence-electron chi connectivity index (χ2n) is 1.66. The molecule has 0 aliphatic rings. The minimum absolute atomic E-state index is 0.547. The molecule has 50 valence electrons. The van der Waals surface area contributed by atoms with Gasteiger partial charge in [-0.1, -0.05) is 0 Å². The largest absolute Gasteiger partial charge is 0.561 e. The van der Waals surface area contributed by atoms with E-state index in [2.05, 4.69) is 0 Å². The van der Waals surface area contributed by atoms with Gasteiger partial charge in [0.1, 0.15) is 0 Å². The van der Waals surface area contributed by atoms with Gasteiger partial charge in [-0.05, 0) is 5.75 Å². The highest BCUT2D eigenvalue weighted by atomic mass is 35.5. The molecule has 0 aliphatic heterocycles. The molecule has 0 radical (unpaired) electrons. The fraction of sp³-hybridized carbons (Fsp3) is 0.286. The van der Waals surface area contributed by atoms with Crippen molar-refractivity contribution >= 4 is 11.6 Å². The number of rotatable bonds is 3. The van der Waals surface area contributed by atoms with E-state index in [1.165, 1.54) is 0 Å². The lowest BCUT2D eigenvalue weighted by Crippen LogP contribution is -1.95. The topological polar surface area (TPSA) is 9.23 Å². The van der Waals surface area contributed by atoms with Crippen LogP contribution in [0.2, 0.25) is 0 Å². The number of hydrogen-bond donors (Lipinski definition) is 0. The number of ether oxygens (including phenoxy) is 1. The third kappa shape index (κ3) is 2.02. The van der Waals surface area contributed by atoms with Crippen molar-refractivity contribution in [2.45, 2.75) is 0 Å². The van der Waals surface area contributed by atoms with Gasteiger partial charge in [0.05, 0.1) is 12.5 Å². The van der Waals surface area contributed by atoms with Crippen molar-refractivity contribution < 1.29 is 4.74 Å². The SMILES string of the molecule is ClCCOc1cc[cH-]c1. The zero-order chi connectivity index (χ0) is 6.53. The fourth-order valence-electron chi connectivity index (χ4n) is 0.609. The average molecular weight is 144 g/mol. The van der Waals surface area contributed by atoms with E-state index in [0.717, 1.165) is 5.75 Å². The van der Waals surface area contributed by atoms with Crippen molar-refractivity contribution in [3.05, 3.63) is 24.3 Å². The maximum Gasteiger partial charge on any atom is 0.0835 e. The fourth-order valence-corrected chi connectivity index (χ4v) is 0.686. The average Bonchev–Trinajstić information content (AvgIpc) is 2.34. The van der Waals surface area contributed by atoms with Gasteiger partial charge >= 0.3 is 0 Å². The summed E-state index contributed by atoms with van der Waals surface area (Å²) in [6, 6.07) is 7.69. The van der Waals surface area contributed by atoms with E-state index in [9.17, 15) is 0 Å². The lowest BCUT2D eigenvalue weighted by atomic mass is 10.6. The van der Waals surface area contributed by atoms with Crippen LogP contribution >= 0.6 is 11.6 Å². The van der Waals surface area contributed by atoms with Crippen LogP contribution in [0.15, 0.2) is 24.3 Å². The first-order chi connectivity index (χ1) is 4.43. The van der Waals surface area contributed by atoms with Gasteiger partial charge in [0.25, 0.3) is 0 Å². The Bertz CT molecular complexity index is 146. The first kappa shape index (κ1) is 6.56. The Labute approximate surface area is 59.6 Å². The summed E-state index contributed by atoms with van der Waals surface area (Å²) in [5.41, 5.74) is 0. The maximum absolute atomic E-state index is 5.39. The quantitative estimate of drug-likeness (QED) is 0.465. The molecular formula is C7H8ClO-. The molecular weight excluding hydrogens is 136 g/mol. The molecule has 2 heteroatoms. The molecule has 0 fully saturated rings. The highest BCUT2D eigenvalue weighted by Crippen LogP contribution is 2.09. The van der Waals surface area contributed by atoms with Gasteiger partial charge in [0, 0.05) is 0 Å². The molecule has 0 saturated heterocycles. The normalized spacial score (nSPS) is 9.44. The van der Waals surface area contributed by atoms with Crippen molar-refractivity contribution in [2.75, 3.05) is 12.5 Å². The molecule has 0 bridgehead atoms. The van der Waals surface area contributed by atoms with E-state index in [1.807, 2.05) is 24.3 Å². The van der Waals surface area contributed by atoms with Crippen LogP contribution in [-0.4, -0.2) is 12.5 Å². The van der Waals surface area contributed by atoms with E-state index >= 15 is 0 Å². The van der Waals surface area contributed by atoms with Gasteiger partial charge in [0.2, 0.25) is 0 Å². The number of hydrogen-bond acceptors (Lipinski definition) is 1. The van der Waals surface area contributed by atoms with Crippen LogP contribution in [0.25, 0.3) is 0 Å². The summed E-state index contributed by atoms with van der Waals surface area (Å²) < 4.78 is 5.16. The second-order valence-corrected chi connectivity index (χ2v) is 2.04. The molecule has 0 amide bonds. The van der Waals surface area contributed by atoms with Gasteiger partial charge in [-0.2, -0.15) is 18.2 Å². The standard InChI is InChI=1S/C7H8ClO/c8-5-6-9-7-3-1-2-4-7/h1-4H,5-6H2/q-1. The lowest BCUT2D eigenvalue weighted by molar-refractivity contribution is 0.344. The molecule has 1 rings (SSSR count). The van der Waals surface area contributed by atoms with E-state index in [-0.39, 0.29) is 0 Å².